The van der Waals surface area contributed by atoms with Crippen LogP contribution in [0.25, 0.3) is 0 Å². The van der Waals surface area contributed by atoms with Crippen molar-refractivity contribution in [2.45, 2.75) is 44.4 Å². The molecule has 1 unspecified atom stereocenters. The van der Waals surface area contributed by atoms with E-state index in [1.807, 2.05) is 18.2 Å². The van der Waals surface area contributed by atoms with Crippen molar-refractivity contribution in [1.29, 1.82) is 0 Å². The first-order valence-corrected chi connectivity index (χ1v) is 9.84. The molecule has 1 aliphatic carbocycles. The number of phenols is 2. The molecular formula is C23H27NO7. The van der Waals surface area contributed by atoms with Gasteiger partial charge in [0.25, 0.3) is 0 Å². The van der Waals surface area contributed by atoms with Crippen molar-refractivity contribution in [1.82, 2.24) is 5.32 Å². The van der Waals surface area contributed by atoms with Crippen molar-refractivity contribution < 1.29 is 35.1 Å². The highest BCUT2D eigenvalue weighted by Gasteiger charge is 2.31. The van der Waals surface area contributed by atoms with Gasteiger partial charge in [-0.2, -0.15) is 0 Å². The number of phenolic OH excluding ortho intramolecular Hbond substituents is 2. The topological polar surface area (TPSA) is 147 Å². The molecule has 0 aliphatic heterocycles. The number of aromatic hydroxyl groups is 2. The van der Waals surface area contributed by atoms with Gasteiger partial charge in [-0.05, 0) is 43.4 Å². The number of carbonyl (C=O) groups is 2. The summed E-state index contributed by atoms with van der Waals surface area (Å²) in [6.07, 6.45) is 2.71. The maximum absolute atomic E-state index is 10.6. The number of carboxylic acid groups (broad SMARTS) is 2. The Bertz CT molecular complexity index is 911. The number of hydrogen-bond donors (Lipinski definition) is 6. The Hall–Kier alpha value is -3.36. The van der Waals surface area contributed by atoms with Gasteiger partial charge in [-0.25, -0.2) is 9.59 Å². The largest absolute Gasteiger partial charge is 0.504 e. The van der Waals surface area contributed by atoms with E-state index in [1.165, 1.54) is 11.6 Å². The van der Waals surface area contributed by atoms with Crippen LogP contribution in [-0.2, 0) is 22.4 Å². The van der Waals surface area contributed by atoms with Crippen LogP contribution in [0.2, 0.25) is 0 Å². The predicted octanol–water partition coefficient (Wildman–Crippen LogP) is 2.38. The Morgan fingerprint density at radius 2 is 1.68 bits per heavy atom. The zero-order valence-electron chi connectivity index (χ0n) is 17.1. The lowest BCUT2D eigenvalue weighted by atomic mass is 9.84. The zero-order chi connectivity index (χ0) is 23.0. The van der Waals surface area contributed by atoms with Crippen LogP contribution in [0, 0.1) is 0 Å². The SMILES string of the molecule is CC(Cc1ccccc1)N[C@H]1CCc2c(ccc(O)c2O)[C@@H]1O.O=C(O)/C=C/C(=O)O. The van der Waals surface area contributed by atoms with Crippen molar-refractivity contribution in [3.05, 3.63) is 71.3 Å². The number of carboxylic acids is 2. The molecule has 3 rings (SSSR count). The lowest BCUT2D eigenvalue weighted by Crippen LogP contribution is -2.43. The van der Waals surface area contributed by atoms with Crippen LogP contribution < -0.4 is 5.32 Å². The molecule has 3 atom stereocenters. The summed E-state index contributed by atoms with van der Waals surface area (Å²) in [4.78, 5) is 19.1. The molecule has 1 aliphatic rings. The van der Waals surface area contributed by atoms with Crippen molar-refractivity contribution in [3.8, 4) is 11.5 Å². The van der Waals surface area contributed by atoms with Gasteiger partial charge >= 0.3 is 11.9 Å². The molecule has 0 saturated heterocycles. The van der Waals surface area contributed by atoms with Crippen molar-refractivity contribution >= 4 is 11.9 Å². The van der Waals surface area contributed by atoms with Gasteiger partial charge in [0, 0.05) is 29.8 Å². The van der Waals surface area contributed by atoms with Crippen LogP contribution >= 0.6 is 0 Å². The Labute approximate surface area is 180 Å². The average Bonchev–Trinajstić information content (AvgIpc) is 2.72. The van der Waals surface area contributed by atoms with E-state index in [0.717, 1.165) is 12.8 Å². The van der Waals surface area contributed by atoms with E-state index in [2.05, 4.69) is 24.4 Å². The maximum atomic E-state index is 10.6. The second-order valence-electron chi connectivity index (χ2n) is 7.36. The van der Waals surface area contributed by atoms with Crippen LogP contribution in [0.1, 0.15) is 36.1 Å². The fourth-order valence-electron chi connectivity index (χ4n) is 3.56. The van der Waals surface area contributed by atoms with Gasteiger partial charge < -0.3 is 30.8 Å². The normalized spacial score (nSPS) is 18.5. The van der Waals surface area contributed by atoms with Gasteiger partial charge in [-0.15, -0.1) is 0 Å². The summed E-state index contributed by atoms with van der Waals surface area (Å²) in [6.45, 7) is 2.11. The van der Waals surface area contributed by atoms with Gasteiger partial charge in [-0.1, -0.05) is 36.4 Å². The molecule has 8 nitrogen and oxygen atoms in total. The third-order valence-corrected chi connectivity index (χ3v) is 4.95. The molecule has 2 aromatic carbocycles. The summed E-state index contributed by atoms with van der Waals surface area (Å²) in [5, 5.41) is 49.3. The molecule has 0 aromatic heterocycles. The Balaban J connectivity index is 0.000000366. The third-order valence-electron chi connectivity index (χ3n) is 4.95. The standard InChI is InChI=1S/C19H23NO3.C4H4O4/c1-12(11-13-5-3-2-4-6-13)20-16-9-7-15-14(18(16)22)8-10-17(21)19(15)23;5-3(6)1-2-4(7)8/h2-6,8,10,12,16,18,20-23H,7,9,11H2,1H3;1-2H,(H,5,6)(H,7,8)/b;2-1+/t12?,16-,18-;/m0./s1. The molecule has 31 heavy (non-hydrogen) atoms. The minimum absolute atomic E-state index is 0.0508. The monoisotopic (exact) mass is 429 g/mol. The molecule has 0 bridgehead atoms. The quantitative estimate of drug-likeness (QED) is 0.303. The molecule has 0 fully saturated rings. The van der Waals surface area contributed by atoms with Crippen LogP contribution in [0.15, 0.2) is 54.6 Å². The highest BCUT2D eigenvalue weighted by Crippen LogP contribution is 2.39. The summed E-state index contributed by atoms with van der Waals surface area (Å²) in [5.41, 5.74) is 2.63. The second kappa shape index (κ2) is 11.1. The maximum Gasteiger partial charge on any atom is 0.328 e. The lowest BCUT2D eigenvalue weighted by molar-refractivity contribution is -0.134. The number of aliphatic hydroxyl groups excluding tert-OH is 1. The minimum Gasteiger partial charge on any atom is -0.504 e. The molecule has 0 spiro atoms. The Morgan fingerprint density at radius 3 is 2.26 bits per heavy atom. The van der Waals surface area contributed by atoms with E-state index >= 15 is 0 Å². The number of hydrogen-bond acceptors (Lipinski definition) is 6. The minimum atomic E-state index is -1.26. The summed E-state index contributed by atoms with van der Waals surface area (Å²) >= 11 is 0. The first-order valence-electron chi connectivity index (χ1n) is 9.84. The third kappa shape index (κ3) is 7.13. The van der Waals surface area contributed by atoms with E-state index in [4.69, 9.17) is 10.2 Å². The van der Waals surface area contributed by atoms with Gasteiger partial charge in [0.15, 0.2) is 11.5 Å². The van der Waals surface area contributed by atoms with Gasteiger partial charge in [0.1, 0.15) is 0 Å². The number of nitrogens with one attached hydrogen (secondary N) is 1. The number of aliphatic carboxylic acids is 2. The van der Waals surface area contributed by atoms with Crippen LogP contribution in [0.4, 0.5) is 0 Å². The summed E-state index contributed by atoms with van der Waals surface area (Å²) in [5.74, 6) is -2.74. The number of aliphatic hydroxyl groups is 1. The zero-order valence-corrected chi connectivity index (χ0v) is 17.1. The summed E-state index contributed by atoms with van der Waals surface area (Å²) < 4.78 is 0. The molecule has 0 heterocycles. The molecule has 0 saturated carbocycles. The Kier molecular flexibility index (Phi) is 8.60. The fourth-order valence-corrected chi connectivity index (χ4v) is 3.56. The molecule has 166 valence electrons. The van der Waals surface area contributed by atoms with E-state index in [9.17, 15) is 24.9 Å². The highest BCUT2D eigenvalue weighted by molar-refractivity contribution is 5.89. The van der Waals surface area contributed by atoms with E-state index in [-0.39, 0.29) is 23.6 Å². The molecule has 0 radical (unpaired) electrons. The highest BCUT2D eigenvalue weighted by atomic mass is 16.4. The van der Waals surface area contributed by atoms with Crippen LogP contribution in [0.5, 0.6) is 11.5 Å². The van der Waals surface area contributed by atoms with Crippen molar-refractivity contribution in [3.63, 3.8) is 0 Å². The van der Waals surface area contributed by atoms with E-state index < -0.39 is 18.0 Å². The van der Waals surface area contributed by atoms with Crippen molar-refractivity contribution in [2.75, 3.05) is 0 Å². The fraction of sp³-hybridized carbons (Fsp3) is 0.304. The molecule has 6 N–H and O–H groups in total. The van der Waals surface area contributed by atoms with Crippen molar-refractivity contribution in [2.24, 2.45) is 0 Å². The second-order valence-corrected chi connectivity index (χ2v) is 7.36. The number of rotatable bonds is 6. The van der Waals surface area contributed by atoms with Crippen LogP contribution in [0.3, 0.4) is 0 Å². The molecular weight excluding hydrogens is 402 g/mol. The van der Waals surface area contributed by atoms with E-state index in [1.54, 1.807) is 6.07 Å². The van der Waals surface area contributed by atoms with Gasteiger partial charge in [0.2, 0.25) is 0 Å². The molecule has 2 aromatic rings. The van der Waals surface area contributed by atoms with Crippen LogP contribution in [-0.4, -0.2) is 49.6 Å². The Morgan fingerprint density at radius 1 is 1.06 bits per heavy atom. The van der Waals surface area contributed by atoms with Gasteiger partial charge in [0.05, 0.1) is 6.10 Å². The van der Waals surface area contributed by atoms with E-state index in [0.29, 0.717) is 29.7 Å². The predicted molar refractivity (Wildman–Crippen MR) is 114 cm³/mol. The average molecular weight is 429 g/mol. The first kappa shape index (κ1) is 23.9. The summed E-state index contributed by atoms with van der Waals surface area (Å²) in [6, 6.07) is 13.6. The summed E-state index contributed by atoms with van der Waals surface area (Å²) in [7, 11) is 0. The van der Waals surface area contributed by atoms with Gasteiger partial charge in [-0.3, -0.25) is 0 Å². The first-order chi connectivity index (χ1) is 14.7. The number of fused-ring (bicyclic) bond motifs is 1. The lowest BCUT2D eigenvalue weighted by Gasteiger charge is -2.33. The molecule has 0 amide bonds. The smallest absolute Gasteiger partial charge is 0.328 e. The number of benzene rings is 2. The molecule has 8 heteroatoms.